The van der Waals surface area contributed by atoms with Gasteiger partial charge in [0.2, 0.25) is 0 Å². The van der Waals surface area contributed by atoms with Crippen molar-refractivity contribution >= 4 is 41.3 Å². The molecule has 24 heavy (non-hydrogen) atoms. The summed E-state index contributed by atoms with van der Waals surface area (Å²) >= 11 is 0. The maximum absolute atomic E-state index is 5.98. The Morgan fingerprint density at radius 3 is 2.33 bits per heavy atom. The lowest BCUT2D eigenvalue weighted by molar-refractivity contribution is 1.03. The van der Waals surface area contributed by atoms with Gasteiger partial charge >= 0.3 is 0 Å². The van der Waals surface area contributed by atoms with Gasteiger partial charge in [0, 0.05) is 25.5 Å². The standard InChI is InChI=1S/C19H26N4.HI/c1-5-15-6-9-17(10-7-15)22-19(20)21-13-16-8-11-18(23(3)4)12-14(16)2;/h6-12H,5,13H2,1-4H3,(H3,20,21,22);1H. The van der Waals surface area contributed by atoms with E-state index in [1.165, 1.54) is 22.4 Å². The number of benzene rings is 2. The summed E-state index contributed by atoms with van der Waals surface area (Å²) in [5.74, 6) is 0.435. The topological polar surface area (TPSA) is 53.6 Å². The van der Waals surface area contributed by atoms with E-state index in [0.29, 0.717) is 12.5 Å². The minimum absolute atomic E-state index is 0. The number of guanidine groups is 1. The van der Waals surface area contributed by atoms with Crippen LogP contribution in [0, 0.1) is 6.92 Å². The predicted molar refractivity (Wildman–Crippen MR) is 116 cm³/mol. The van der Waals surface area contributed by atoms with Gasteiger partial charge in [0.1, 0.15) is 0 Å². The summed E-state index contributed by atoms with van der Waals surface area (Å²) in [5.41, 5.74) is 11.8. The maximum Gasteiger partial charge on any atom is 0.193 e. The van der Waals surface area contributed by atoms with E-state index in [4.69, 9.17) is 5.73 Å². The first kappa shape index (κ1) is 20.3. The first-order valence-corrected chi connectivity index (χ1v) is 7.92. The highest BCUT2D eigenvalue weighted by molar-refractivity contribution is 14.0. The van der Waals surface area contributed by atoms with Crippen LogP contribution in [0.3, 0.4) is 0 Å². The van der Waals surface area contributed by atoms with Crippen molar-refractivity contribution in [3.05, 3.63) is 59.2 Å². The van der Waals surface area contributed by atoms with Crippen molar-refractivity contribution in [2.24, 2.45) is 10.7 Å². The molecule has 2 rings (SSSR count). The summed E-state index contributed by atoms with van der Waals surface area (Å²) in [6.07, 6.45) is 1.03. The second kappa shape index (κ2) is 9.52. The van der Waals surface area contributed by atoms with Gasteiger partial charge in [-0.2, -0.15) is 0 Å². The number of nitrogens with one attached hydrogen (secondary N) is 1. The van der Waals surface area contributed by atoms with E-state index in [1.807, 2.05) is 26.2 Å². The number of aliphatic imine (C=N–C) groups is 1. The normalized spacial score (nSPS) is 10.9. The van der Waals surface area contributed by atoms with Gasteiger partial charge in [0.25, 0.3) is 0 Å². The number of halogens is 1. The molecule has 0 amide bonds. The van der Waals surface area contributed by atoms with Crippen LogP contribution in [-0.2, 0) is 13.0 Å². The molecule has 0 fully saturated rings. The number of rotatable bonds is 5. The highest BCUT2D eigenvalue weighted by Crippen LogP contribution is 2.18. The van der Waals surface area contributed by atoms with E-state index >= 15 is 0 Å². The highest BCUT2D eigenvalue weighted by Gasteiger charge is 2.02. The third kappa shape index (κ3) is 5.70. The predicted octanol–water partition coefficient (Wildman–Crippen LogP) is 4.17. The molecule has 0 atom stereocenters. The molecular formula is C19H27IN4. The second-order valence-corrected chi connectivity index (χ2v) is 5.88. The van der Waals surface area contributed by atoms with E-state index in [2.05, 4.69) is 59.4 Å². The monoisotopic (exact) mass is 438 g/mol. The van der Waals surface area contributed by atoms with Crippen LogP contribution >= 0.6 is 24.0 Å². The van der Waals surface area contributed by atoms with Crippen molar-refractivity contribution in [2.45, 2.75) is 26.8 Å². The van der Waals surface area contributed by atoms with Gasteiger partial charge in [0.15, 0.2) is 5.96 Å². The van der Waals surface area contributed by atoms with E-state index in [0.717, 1.165) is 12.1 Å². The first-order chi connectivity index (χ1) is 11.0. The third-order valence-corrected chi connectivity index (χ3v) is 3.90. The molecule has 0 aliphatic rings. The number of nitrogens with zero attached hydrogens (tertiary/aromatic N) is 2. The zero-order valence-corrected chi connectivity index (χ0v) is 17.2. The molecule has 3 N–H and O–H groups in total. The Kier molecular flexibility index (Phi) is 8.04. The fourth-order valence-corrected chi connectivity index (χ4v) is 2.32. The van der Waals surface area contributed by atoms with Crippen molar-refractivity contribution < 1.29 is 0 Å². The van der Waals surface area contributed by atoms with Crippen LogP contribution in [0.4, 0.5) is 11.4 Å². The molecule has 0 saturated carbocycles. The van der Waals surface area contributed by atoms with E-state index in [9.17, 15) is 0 Å². The molecular weight excluding hydrogens is 411 g/mol. The summed E-state index contributed by atoms with van der Waals surface area (Å²) in [6.45, 7) is 4.82. The molecule has 2 aromatic carbocycles. The second-order valence-electron chi connectivity index (χ2n) is 5.88. The fraction of sp³-hybridized carbons (Fsp3) is 0.316. The van der Waals surface area contributed by atoms with Gasteiger partial charge < -0.3 is 16.0 Å². The van der Waals surface area contributed by atoms with Crippen LogP contribution in [0.5, 0.6) is 0 Å². The lowest BCUT2D eigenvalue weighted by atomic mass is 10.1. The summed E-state index contributed by atoms with van der Waals surface area (Å²) in [4.78, 5) is 6.53. The molecule has 0 radical (unpaired) electrons. The fourth-order valence-electron chi connectivity index (χ4n) is 2.32. The summed E-state index contributed by atoms with van der Waals surface area (Å²) in [7, 11) is 4.08. The number of anilines is 2. The Hall–Kier alpha value is -1.76. The lowest BCUT2D eigenvalue weighted by Gasteiger charge is -2.14. The largest absolute Gasteiger partial charge is 0.378 e. The third-order valence-electron chi connectivity index (χ3n) is 3.90. The van der Waals surface area contributed by atoms with Crippen molar-refractivity contribution in [3.8, 4) is 0 Å². The van der Waals surface area contributed by atoms with Crippen LogP contribution < -0.4 is 16.0 Å². The van der Waals surface area contributed by atoms with Crippen molar-refractivity contribution in [1.82, 2.24) is 0 Å². The molecule has 2 aromatic rings. The summed E-state index contributed by atoms with van der Waals surface area (Å²) in [6, 6.07) is 14.6. The number of nitrogens with two attached hydrogens (primary N) is 1. The minimum Gasteiger partial charge on any atom is -0.378 e. The Bertz CT molecular complexity index is 678. The Balaban J connectivity index is 0.00000288. The molecule has 0 spiro atoms. The van der Waals surface area contributed by atoms with Crippen LogP contribution in [0.2, 0.25) is 0 Å². The molecule has 0 unspecified atom stereocenters. The van der Waals surface area contributed by atoms with Crippen LogP contribution in [0.25, 0.3) is 0 Å². The van der Waals surface area contributed by atoms with Gasteiger partial charge in [-0.05, 0) is 54.3 Å². The Morgan fingerprint density at radius 1 is 1.12 bits per heavy atom. The molecule has 4 nitrogen and oxygen atoms in total. The average Bonchev–Trinajstić information content (AvgIpc) is 2.54. The molecule has 0 bridgehead atoms. The maximum atomic E-state index is 5.98. The van der Waals surface area contributed by atoms with E-state index < -0.39 is 0 Å². The van der Waals surface area contributed by atoms with Gasteiger partial charge in [0.05, 0.1) is 6.54 Å². The molecule has 0 aromatic heterocycles. The van der Waals surface area contributed by atoms with Crippen LogP contribution in [0.15, 0.2) is 47.5 Å². The molecule has 5 heteroatoms. The molecule has 0 aliphatic carbocycles. The number of hydrogen-bond acceptors (Lipinski definition) is 2. The SMILES string of the molecule is CCc1ccc(NC(N)=NCc2ccc(N(C)C)cc2C)cc1.I. The summed E-state index contributed by atoms with van der Waals surface area (Å²) in [5, 5.41) is 3.13. The van der Waals surface area contributed by atoms with E-state index in [1.54, 1.807) is 0 Å². The average molecular weight is 438 g/mol. The number of hydrogen-bond donors (Lipinski definition) is 2. The van der Waals surface area contributed by atoms with Crippen molar-refractivity contribution in [1.29, 1.82) is 0 Å². The van der Waals surface area contributed by atoms with Crippen LogP contribution in [0.1, 0.15) is 23.6 Å². The Morgan fingerprint density at radius 2 is 1.79 bits per heavy atom. The highest BCUT2D eigenvalue weighted by atomic mass is 127. The molecule has 0 heterocycles. The molecule has 0 saturated heterocycles. The first-order valence-electron chi connectivity index (χ1n) is 7.92. The van der Waals surface area contributed by atoms with Crippen molar-refractivity contribution in [3.63, 3.8) is 0 Å². The van der Waals surface area contributed by atoms with Gasteiger partial charge in [-0.25, -0.2) is 4.99 Å². The van der Waals surface area contributed by atoms with Gasteiger partial charge in [-0.15, -0.1) is 24.0 Å². The van der Waals surface area contributed by atoms with Gasteiger partial charge in [-0.3, -0.25) is 0 Å². The minimum atomic E-state index is 0. The lowest BCUT2D eigenvalue weighted by Crippen LogP contribution is -2.22. The smallest absolute Gasteiger partial charge is 0.193 e. The Labute approximate surface area is 162 Å². The summed E-state index contributed by atoms with van der Waals surface area (Å²) < 4.78 is 0. The van der Waals surface area contributed by atoms with Crippen LogP contribution in [-0.4, -0.2) is 20.1 Å². The zero-order valence-electron chi connectivity index (χ0n) is 14.8. The molecule has 0 aliphatic heterocycles. The quantitative estimate of drug-likeness (QED) is 0.419. The molecule has 130 valence electrons. The number of aryl methyl sites for hydroxylation is 2. The van der Waals surface area contributed by atoms with E-state index in [-0.39, 0.29) is 24.0 Å². The van der Waals surface area contributed by atoms with Gasteiger partial charge in [-0.1, -0.05) is 25.1 Å². The van der Waals surface area contributed by atoms with Crippen molar-refractivity contribution in [2.75, 3.05) is 24.3 Å². The zero-order chi connectivity index (χ0) is 16.8.